The van der Waals surface area contributed by atoms with Crippen molar-refractivity contribution in [1.29, 1.82) is 0 Å². The molecule has 0 aromatic carbocycles. The molecule has 0 bridgehead atoms. The van der Waals surface area contributed by atoms with E-state index in [2.05, 4.69) is 35.3 Å². The van der Waals surface area contributed by atoms with Crippen LogP contribution >= 0.6 is 23.2 Å². The molecule has 3 N–H and O–H groups in total. The van der Waals surface area contributed by atoms with Crippen molar-refractivity contribution in [3.8, 4) is 17.4 Å². The lowest BCUT2D eigenvalue weighted by molar-refractivity contribution is -0.143. The highest BCUT2D eigenvalue weighted by molar-refractivity contribution is 6.32. The van der Waals surface area contributed by atoms with E-state index >= 15 is 0 Å². The van der Waals surface area contributed by atoms with E-state index in [1.165, 1.54) is 18.5 Å². The van der Waals surface area contributed by atoms with E-state index < -0.39 is 35.3 Å². The summed E-state index contributed by atoms with van der Waals surface area (Å²) in [5.41, 5.74) is 2.24. The molecule has 4 heterocycles. The Kier molecular flexibility index (Phi) is 6.27. The first-order valence-corrected chi connectivity index (χ1v) is 9.92. The van der Waals surface area contributed by atoms with E-state index in [9.17, 15) is 22.8 Å². The Hall–Kier alpha value is -4.24. The lowest BCUT2D eigenvalue weighted by atomic mass is 10.2. The molecule has 0 fully saturated rings. The van der Waals surface area contributed by atoms with Crippen molar-refractivity contribution in [3.63, 3.8) is 0 Å². The molecule has 2 amide bonds. The molecule has 17 heteroatoms. The summed E-state index contributed by atoms with van der Waals surface area (Å²) in [6.07, 6.45) is -0.728. The number of nitrogens with two attached hydrogens (primary N) is 1. The first-order valence-electron chi connectivity index (χ1n) is 9.16. The lowest BCUT2D eigenvalue weighted by Crippen LogP contribution is -2.21. The molecule has 180 valence electrons. The van der Waals surface area contributed by atoms with Gasteiger partial charge in [0.1, 0.15) is 0 Å². The number of carbonyl (C=O) groups excluding carboxylic acids is 2. The van der Waals surface area contributed by atoms with Crippen LogP contribution in [0.4, 0.5) is 23.7 Å². The first kappa shape index (κ1) is 23.9. The van der Waals surface area contributed by atoms with Gasteiger partial charge < -0.3 is 15.8 Å². The number of alkyl halides is 3. The molecular weight excluding hydrogens is 518 g/mol. The number of hydrogen-bond donors (Lipinski definition) is 2. The molecule has 0 saturated carbocycles. The minimum Gasteiger partial charge on any atom is -0.391 e. The molecule has 0 aliphatic carbocycles. The molecule has 0 aliphatic rings. The minimum atomic E-state index is -5.05. The molecule has 0 atom stereocenters. The summed E-state index contributed by atoms with van der Waals surface area (Å²) in [6.45, 7) is 0. The monoisotopic (exact) mass is 527 g/mol. The van der Waals surface area contributed by atoms with Gasteiger partial charge in [-0.3, -0.25) is 4.79 Å². The zero-order valence-electron chi connectivity index (χ0n) is 16.9. The average Bonchev–Trinajstić information content (AvgIpc) is 3.45. The van der Waals surface area contributed by atoms with Gasteiger partial charge in [0, 0.05) is 6.07 Å². The number of nitrogens with one attached hydrogen (secondary N) is 1. The predicted octanol–water partition coefficient (Wildman–Crippen LogP) is 3.28. The fourth-order valence-corrected chi connectivity index (χ4v) is 3.30. The highest BCUT2D eigenvalue weighted by atomic mass is 35.5. The molecule has 0 saturated heterocycles. The summed E-state index contributed by atoms with van der Waals surface area (Å²) in [4.78, 5) is 32.5. The average molecular weight is 528 g/mol. The summed E-state index contributed by atoms with van der Waals surface area (Å²) in [7, 11) is 0. The molecule has 4 rings (SSSR count). The second-order valence-corrected chi connectivity index (χ2v) is 7.33. The predicted molar refractivity (Wildman–Crippen MR) is 114 cm³/mol. The van der Waals surface area contributed by atoms with Crippen LogP contribution in [0.1, 0.15) is 16.1 Å². The molecule has 0 radical (unpaired) electrons. The molecule has 0 spiro atoms. The Labute approximate surface area is 202 Å². The van der Waals surface area contributed by atoms with Gasteiger partial charge in [0.15, 0.2) is 11.5 Å². The Morgan fingerprint density at radius 3 is 2.34 bits per heavy atom. The van der Waals surface area contributed by atoms with Gasteiger partial charge in [0.2, 0.25) is 5.88 Å². The van der Waals surface area contributed by atoms with Crippen LogP contribution in [0.15, 0.2) is 43.1 Å². The molecule has 35 heavy (non-hydrogen) atoms. The van der Waals surface area contributed by atoms with Gasteiger partial charge in [0.05, 0.1) is 58.0 Å². The van der Waals surface area contributed by atoms with Gasteiger partial charge in [-0.05, 0) is 6.07 Å². The van der Waals surface area contributed by atoms with Crippen LogP contribution in [0, 0.1) is 0 Å². The second-order valence-electron chi connectivity index (χ2n) is 6.51. The van der Waals surface area contributed by atoms with Crippen LogP contribution in [0.2, 0.25) is 10.0 Å². The molecule has 0 aliphatic heterocycles. The third-order valence-electron chi connectivity index (χ3n) is 4.21. The smallest absolute Gasteiger partial charge is 0.391 e. The normalized spacial score (nSPS) is 11.3. The van der Waals surface area contributed by atoms with Crippen molar-refractivity contribution in [1.82, 2.24) is 34.7 Å². The highest BCUT2D eigenvalue weighted by Gasteiger charge is 2.41. The molecule has 4 aromatic rings. The summed E-state index contributed by atoms with van der Waals surface area (Å²) < 4.78 is 46.9. The van der Waals surface area contributed by atoms with E-state index in [0.29, 0.717) is 10.9 Å². The number of carbonyl (C=O) groups is 2. The number of anilines is 1. The number of ether oxygens (including phenoxy) is 1. The Bertz CT molecular complexity index is 1420. The summed E-state index contributed by atoms with van der Waals surface area (Å²) in [5, 5.41) is 13.4. The third kappa shape index (κ3) is 4.99. The SMILES string of the molecule is NC(=O)Oc1cc(-n2ncc(C(=O)Nc3cnc(-n4nccn4)c(Cl)c3)c2C(F)(F)F)c(Cl)cn1. The lowest BCUT2D eigenvalue weighted by Gasteiger charge is -2.14. The number of aromatic nitrogens is 7. The van der Waals surface area contributed by atoms with Crippen LogP contribution in [-0.2, 0) is 6.18 Å². The van der Waals surface area contributed by atoms with Crippen LogP contribution in [0.5, 0.6) is 5.88 Å². The zero-order valence-corrected chi connectivity index (χ0v) is 18.4. The fraction of sp³-hybridized carbons (Fsp3) is 0.0556. The number of rotatable bonds is 5. The van der Waals surface area contributed by atoms with E-state index in [-0.39, 0.29) is 27.2 Å². The van der Waals surface area contributed by atoms with Gasteiger partial charge in [0.25, 0.3) is 5.91 Å². The number of nitrogens with zero attached hydrogens (tertiary/aromatic N) is 7. The van der Waals surface area contributed by atoms with Crippen molar-refractivity contribution in [3.05, 3.63) is 64.4 Å². The van der Waals surface area contributed by atoms with Gasteiger partial charge in [-0.15, -0.1) is 4.80 Å². The Morgan fingerprint density at radius 1 is 1.00 bits per heavy atom. The van der Waals surface area contributed by atoms with Gasteiger partial charge in [-0.1, -0.05) is 23.2 Å². The number of primary amides is 1. The quantitative estimate of drug-likeness (QED) is 0.400. The maximum absolute atomic E-state index is 14.0. The molecule has 12 nitrogen and oxygen atoms in total. The molecular formula is C18H10Cl2F3N9O3. The van der Waals surface area contributed by atoms with Crippen LogP contribution in [0.25, 0.3) is 11.5 Å². The van der Waals surface area contributed by atoms with E-state index in [1.54, 1.807) is 0 Å². The largest absolute Gasteiger partial charge is 0.434 e. The van der Waals surface area contributed by atoms with Gasteiger partial charge in [-0.2, -0.15) is 28.5 Å². The van der Waals surface area contributed by atoms with Crippen molar-refractivity contribution in [2.24, 2.45) is 5.73 Å². The van der Waals surface area contributed by atoms with Crippen LogP contribution in [-0.4, -0.2) is 46.7 Å². The first-order chi connectivity index (χ1) is 16.5. The standard InChI is InChI=1S/C18H10Cl2F3N9O3/c19-10-3-8(5-26-15(10)32-27-1-2-28-32)30-16(33)9-6-29-31(14(9)18(21,22)23)12-4-13(35-17(24)34)25-7-11(12)20/h1-7H,(H2,24,34)(H,30,33). The van der Waals surface area contributed by atoms with Crippen molar-refractivity contribution in [2.75, 3.05) is 5.32 Å². The van der Waals surface area contributed by atoms with E-state index in [1.807, 2.05) is 0 Å². The zero-order chi connectivity index (χ0) is 25.3. The van der Waals surface area contributed by atoms with Crippen molar-refractivity contribution < 1.29 is 27.5 Å². The molecule has 4 aromatic heterocycles. The van der Waals surface area contributed by atoms with Gasteiger partial charge in [-0.25, -0.2) is 19.4 Å². The van der Waals surface area contributed by atoms with E-state index in [4.69, 9.17) is 28.9 Å². The Balaban J connectivity index is 1.69. The fourth-order valence-electron chi connectivity index (χ4n) is 2.87. The topological polar surface area (TPSA) is 156 Å². The maximum Gasteiger partial charge on any atom is 0.434 e. The number of halogens is 5. The number of hydrogen-bond acceptors (Lipinski definition) is 8. The van der Waals surface area contributed by atoms with Crippen molar-refractivity contribution >= 4 is 40.9 Å². The van der Waals surface area contributed by atoms with Gasteiger partial charge >= 0.3 is 12.3 Å². The number of pyridine rings is 2. The second kappa shape index (κ2) is 9.19. The summed E-state index contributed by atoms with van der Waals surface area (Å²) >= 11 is 12.1. The highest BCUT2D eigenvalue weighted by Crippen LogP contribution is 2.36. The summed E-state index contributed by atoms with van der Waals surface area (Å²) in [6, 6.07) is 2.17. The minimum absolute atomic E-state index is 0.00383. The maximum atomic E-state index is 14.0. The van der Waals surface area contributed by atoms with E-state index in [0.717, 1.165) is 23.3 Å². The molecule has 0 unspecified atom stereocenters. The third-order valence-corrected chi connectivity index (χ3v) is 4.78. The number of amides is 2. The van der Waals surface area contributed by atoms with Crippen molar-refractivity contribution in [2.45, 2.75) is 6.18 Å². The van der Waals surface area contributed by atoms with Crippen LogP contribution < -0.4 is 15.8 Å². The summed E-state index contributed by atoms with van der Waals surface area (Å²) in [5.74, 6) is -1.45. The van der Waals surface area contributed by atoms with Crippen LogP contribution in [0.3, 0.4) is 0 Å². The Morgan fingerprint density at radius 2 is 1.71 bits per heavy atom.